The minimum atomic E-state index is -2.09. The Morgan fingerprint density at radius 2 is 2.17 bits per heavy atom. The second-order valence-electron chi connectivity index (χ2n) is 2.69. The van der Waals surface area contributed by atoms with Gasteiger partial charge in [0, 0.05) is 0 Å². The second kappa shape index (κ2) is 2.33. The van der Waals surface area contributed by atoms with E-state index in [0.29, 0.717) is 11.5 Å². The maximum atomic E-state index is 13.1. The molecule has 1 aliphatic rings. The highest BCUT2D eigenvalue weighted by Gasteiger charge is 2.37. The van der Waals surface area contributed by atoms with Crippen LogP contribution < -0.4 is 9.47 Å². The molecule has 1 aromatic carbocycles. The lowest BCUT2D eigenvalue weighted by molar-refractivity contribution is -0.105. The molecule has 1 aliphatic heterocycles. The van der Waals surface area contributed by atoms with E-state index in [0.717, 1.165) is 5.56 Å². The van der Waals surface area contributed by atoms with Crippen LogP contribution in [0.2, 0.25) is 0 Å². The van der Waals surface area contributed by atoms with Gasteiger partial charge in [-0.3, -0.25) is 0 Å². The predicted octanol–water partition coefficient (Wildman–Crippen LogP) is 2.22. The van der Waals surface area contributed by atoms with E-state index in [1.807, 2.05) is 22.2 Å². The maximum absolute atomic E-state index is 13.1. The van der Waals surface area contributed by atoms with Crippen LogP contribution in [0.1, 0.15) is 5.56 Å². The molecule has 0 saturated heterocycles. The van der Waals surface area contributed by atoms with Crippen molar-refractivity contribution in [1.29, 1.82) is 0 Å². The first-order valence-electron chi connectivity index (χ1n) is 3.54. The highest BCUT2D eigenvalue weighted by Crippen LogP contribution is 2.44. The Bertz CT molecular complexity index is 325. The smallest absolute Gasteiger partial charge is 0.418 e. The van der Waals surface area contributed by atoms with Gasteiger partial charge >= 0.3 is 5.78 Å². The van der Waals surface area contributed by atoms with Crippen molar-refractivity contribution >= 4 is 9.24 Å². The Morgan fingerprint density at radius 1 is 1.42 bits per heavy atom. The average Bonchev–Trinajstić information content (AvgIpc) is 2.25. The second-order valence-corrected chi connectivity index (χ2v) is 3.38. The number of alkyl halides is 1. The number of ether oxygens (including phenoxy) is 2. The molecule has 0 fully saturated rings. The van der Waals surface area contributed by atoms with Gasteiger partial charge in [0.25, 0.3) is 0 Å². The lowest BCUT2D eigenvalue weighted by Crippen LogP contribution is -2.23. The third-order valence-corrected chi connectivity index (χ3v) is 1.90. The summed E-state index contributed by atoms with van der Waals surface area (Å²) >= 11 is 0. The predicted molar refractivity (Wildman–Crippen MR) is 46.0 cm³/mol. The molecule has 0 saturated carbocycles. The Balaban J connectivity index is 2.48. The molecule has 4 heteroatoms. The Labute approximate surface area is 71.9 Å². The zero-order chi connectivity index (χ0) is 8.77. The van der Waals surface area contributed by atoms with Crippen molar-refractivity contribution in [3.63, 3.8) is 0 Å². The highest BCUT2D eigenvalue weighted by atomic mass is 31.0. The standard InChI is InChI=1S/C8H8FO2P/c1-5-3-2-4-6-7(5)11-8(9,12)10-6/h2-4H,12H2,1H3. The van der Waals surface area contributed by atoms with Crippen LogP contribution in [0.3, 0.4) is 0 Å². The molecular weight excluding hydrogens is 178 g/mol. The molecule has 0 aliphatic carbocycles. The van der Waals surface area contributed by atoms with Crippen molar-refractivity contribution in [3.8, 4) is 11.5 Å². The molecule has 64 valence electrons. The van der Waals surface area contributed by atoms with Crippen molar-refractivity contribution in [2.24, 2.45) is 0 Å². The quantitative estimate of drug-likeness (QED) is 0.578. The molecule has 1 heterocycles. The largest absolute Gasteiger partial charge is 0.420 e. The number of para-hydroxylation sites is 1. The van der Waals surface area contributed by atoms with Gasteiger partial charge in [-0.25, -0.2) is 0 Å². The van der Waals surface area contributed by atoms with Crippen LogP contribution in [0, 0.1) is 6.92 Å². The average molecular weight is 186 g/mol. The van der Waals surface area contributed by atoms with E-state index >= 15 is 0 Å². The van der Waals surface area contributed by atoms with Crippen LogP contribution in [0.15, 0.2) is 18.2 Å². The Hall–Kier alpha value is -0.820. The molecular formula is C8H8FO2P. The zero-order valence-electron chi connectivity index (χ0n) is 6.50. The summed E-state index contributed by atoms with van der Waals surface area (Å²) in [6.45, 7) is 1.84. The first-order valence-corrected chi connectivity index (χ1v) is 4.12. The minimum Gasteiger partial charge on any atom is -0.420 e. The first kappa shape index (κ1) is 7.81. The Kier molecular flexibility index (Phi) is 1.52. The number of aryl methyl sites for hydroxylation is 1. The van der Waals surface area contributed by atoms with E-state index in [-0.39, 0.29) is 0 Å². The molecule has 0 amide bonds. The first-order chi connectivity index (χ1) is 5.58. The minimum absolute atomic E-state index is 0.451. The van der Waals surface area contributed by atoms with Crippen molar-refractivity contribution in [2.45, 2.75) is 12.7 Å². The number of hydrogen-bond donors (Lipinski definition) is 0. The summed E-state index contributed by atoms with van der Waals surface area (Å²) in [7, 11) is 1.87. The fourth-order valence-electron chi connectivity index (χ4n) is 1.15. The van der Waals surface area contributed by atoms with Crippen molar-refractivity contribution in [2.75, 3.05) is 0 Å². The fourth-order valence-corrected chi connectivity index (χ4v) is 1.39. The summed E-state index contributed by atoms with van der Waals surface area (Å²) in [4.78, 5) is 0. The van der Waals surface area contributed by atoms with Crippen molar-refractivity contribution in [1.82, 2.24) is 0 Å². The van der Waals surface area contributed by atoms with Crippen LogP contribution >= 0.6 is 9.24 Å². The van der Waals surface area contributed by atoms with Crippen molar-refractivity contribution < 1.29 is 13.9 Å². The fraction of sp³-hybridized carbons (Fsp3) is 0.250. The van der Waals surface area contributed by atoms with Gasteiger partial charge in [0.05, 0.1) is 0 Å². The number of benzene rings is 1. The summed E-state index contributed by atoms with van der Waals surface area (Å²) in [6.07, 6.45) is 0. The summed E-state index contributed by atoms with van der Waals surface area (Å²) in [5, 5.41) is 0. The van der Waals surface area contributed by atoms with Crippen LogP contribution in [-0.4, -0.2) is 5.78 Å². The van der Waals surface area contributed by atoms with Gasteiger partial charge in [0.15, 0.2) is 11.5 Å². The number of halogens is 1. The molecule has 0 aromatic heterocycles. The lowest BCUT2D eigenvalue weighted by Gasteiger charge is -2.10. The van der Waals surface area contributed by atoms with E-state index in [9.17, 15) is 4.39 Å². The Morgan fingerprint density at radius 3 is 2.83 bits per heavy atom. The molecule has 0 bridgehead atoms. The normalized spacial score (nSPS) is 25.9. The van der Waals surface area contributed by atoms with Gasteiger partial charge in [-0.05, 0) is 27.8 Å². The van der Waals surface area contributed by atoms with Crippen LogP contribution in [0.25, 0.3) is 0 Å². The van der Waals surface area contributed by atoms with Crippen LogP contribution in [-0.2, 0) is 0 Å². The summed E-state index contributed by atoms with van der Waals surface area (Å²) < 4.78 is 22.9. The van der Waals surface area contributed by atoms with Gasteiger partial charge < -0.3 is 9.47 Å². The summed E-state index contributed by atoms with van der Waals surface area (Å²) in [6, 6.07) is 5.31. The topological polar surface area (TPSA) is 18.5 Å². The highest BCUT2D eigenvalue weighted by molar-refractivity contribution is 7.18. The molecule has 0 spiro atoms. The zero-order valence-corrected chi connectivity index (χ0v) is 7.66. The van der Waals surface area contributed by atoms with E-state index in [4.69, 9.17) is 9.47 Å². The molecule has 0 radical (unpaired) electrons. The molecule has 12 heavy (non-hydrogen) atoms. The number of rotatable bonds is 0. The number of hydrogen-bond acceptors (Lipinski definition) is 2. The lowest BCUT2D eigenvalue weighted by atomic mass is 10.2. The van der Waals surface area contributed by atoms with E-state index in [2.05, 4.69) is 0 Å². The molecule has 2 nitrogen and oxygen atoms in total. The van der Waals surface area contributed by atoms with Gasteiger partial charge in [-0.15, -0.1) is 0 Å². The van der Waals surface area contributed by atoms with Gasteiger partial charge in [0.1, 0.15) is 0 Å². The molecule has 0 N–H and O–H groups in total. The van der Waals surface area contributed by atoms with E-state index in [1.54, 1.807) is 12.1 Å². The SMILES string of the molecule is Cc1cccc2c1OC(F)(P)O2. The van der Waals surface area contributed by atoms with Crippen molar-refractivity contribution in [3.05, 3.63) is 23.8 Å². The van der Waals surface area contributed by atoms with Crippen LogP contribution in [0.5, 0.6) is 11.5 Å². The molecule has 2 atom stereocenters. The van der Waals surface area contributed by atoms with Gasteiger partial charge in [-0.1, -0.05) is 12.1 Å². The third-order valence-electron chi connectivity index (χ3n) is 1.67. The molecule has 2 unspecified atom stereocenters. The number of fused-ring (bicyclic) bond motifs is 1. The maximum Gasteiger partial charge on any atom is 0.418 e. The monoisotopic (exact) mass is 186 g/mol. The summed E-state index contributed by atoms with van der Waals surface area (Å²) in [5.41, 5.74) is 0.870. The van der Waals surface area contributed by atoms with Crippen LogP contribution in [0.4, 0.5) is 4.39 Å². The molecule has 1 aromatic rings. The van der Waals surface area contributed by atoms with Gasteiger partial charge in [-0.2, -0.15) is 4.39 Å². The van der Waals surface area contributed by atoms with E-state index in [1.165, 1.54) is 0 Å². The third kappa shape index (κ3) is 1.14. The summed E-state index contributed by atoms with van der Waals surface area (Å²) in [5.74, 6) is -1.16. The van der Waals surface area contributed by atoms with E-state index < -0.39 is 5.78 Å². The van der Waals surface area contributed by atoms with Gasteiger partial charge in [0.2, 0.25) is 0 Å². The molecule has 2 rings (SSSR count).